The molecular formula is C19H25N. The van der Waals surface area contributed by atoms with E-state index in [0.29, 0.717) is 0 Å². The van der Waals surface area contributed by atoms with Crippen LogP contribution in [-0.4, -0.2) is 6.54 Å². The molecule has 2 rings (SSSR count). The van der Waals surface area contributed by atoms with E-state index >= 15 is 0 Å². The third-order valence-corrected chi connectivity index (χ3v) is 3.85. The van der Waals surface area contributed by atoms with Crippen molar-refractivity contribution in [3.05, 3.63) is 69.8 Å². The molecule has 1 N–H and O–H groups in total. The van der Waals surface area contributed by atoms with Gasteiger partial charge in [-0.3, -0.25) is 0 Å². The molecule has 2 aromatic carbocycles. The van der Waals surface area contributed by atoms with E-state index < -0.39 is 0 Å². The minimum Gasteiger partial charge on any atom is -0.307 e. The summed E-state index contributed by atoms with van der Waals surface area (Å²) in [5, 5.41) is 3.64. The van der Waals surface area contributed by atoms with E-state index in [0.717, 1.165) is 6.54 Å². The summed E-state index contributed by atoms with van der Waals surface area (Å²) in [5.41, 5.74) is 8.14. The molecular weight excluding hydrogens is 242 g/mol. The average Bonchev–Trinajstić information content (AvgIpc) is 2.37. The highest BCUT2D eigenvalue weighted by molar-refractivity contribution is 5.44. The van der Waals surface area contributed by atoms with Gasteiger partial charge in [-0.2, -0.15) is 0 Å². The fraction of sp³-hybridized carbons (Fsp3) is 0.368. The lowest BCUT2D eigenvalue weighted by Gasteiger charge is -2.23. The SMILES string of the molecule is CCNC(c1ccc(C)cc1)c1c(C)cc(C)cc1C. The van der Waals surface area contributed by atoms with Gasteiger partial charge in [0.15, 0.2) is 0 Å². The van der Waals surface area contributed by atoms with Crippen LogP contribution in [0, 0.1) is 27.7 Å². The molecule has 2 aromatic rings. The van der Waals surface area contributed by atoms with Crippen molar-refractivity contribution < 1.29 is 0 Å². The quantitative estimate of drug-likeness (QED) is 0.852. The molecule has 1 heteroatoms. The zero-order valence-corrected chi connectivity index (χ0v) is 13.2. The fourth-order valence-corrected chi connectivity index (χ4v) is 3.00. The Bertz CT molecular complexity index is 558. The van der Waals surface area contributed by atoms with Crippen LogP contribution in [0.4, 0.5) is 0 Å². The molecule has 0 aliphatic heterocycles. The van der Waals surface area contributed by atoms with Crippen LogP contribution in [0.5, 0.6) is 0 Å². The third kappa shape index (κ3) is 3.10. The van der Waals surface area contributed by atoms with Crippen molar-refractivity contribution in [2.45, 2.75) is 40.7 Å². The van der Waals surface area contributed by atoms with E-state index in [-0.39, 0.29) is 6.04 Å². The summed E-state index contributed by atoms with van der Waals surface area (Å²) >= 11 is 0. The molecule has 0 amide bonds. The summed E-state index contributed by atoms with van der Waals surface area (Å²) < 4.78 is 0. The summed E-state index contributed by atoms with van der Waals surface area (Å²) in [6, 6.07) is 13.7. The maximum atomic E-state index is 3.64. The molecule has 0 fully saturated rings. The Hall–Kier alpha value is -1.60. The van der Waals surface area contributed by atoms with E-state index in [1.54, 1.807) is 0 Å². The van der Waals surface area contributed by atoms with Crippen molar-refractivity contribution in [2.24, 2.45) is 0 Å². The normalized spacial score (nSPS) is 12.4. The highest BCUT2D eigenvalue weighted by Crippen LogP contribution is 2.29. The van der Waals surface area contributed by atoms with Gasteiger partial charge in [0.1, 0.15) is 0 Å². The largest absolute Gasteiger partial charge is 0.307 e. The Labute approximate surface area is 123 Å². The molecule has 0 aliphatic carbocycles. The second kappa shape index (κ2) is 6.23. The molecule has 106 valence electrons. The average molecular weight is 267 g/mol. The molecule has 0 bridgehead atoms. The Balaban J connectivity index is 2.51. The number of benzene rings is 2. The first-order valence-electron chi connectivity index (χ1n) is 7.40. The highest BCUT2D eigenvalue weighted by atomic mass is 14.9. The first-order chi connectivity index (χ1) is 9.52. The van der Waals surface area contributed by atoms with E-state index in [2.05, 4.69) is 76.3 Å². The monoisotopic (exact) mass is 267 g/mol. The molecule has 0 saturated heterocycles. The second-order valence-electron chi connectivity index (χ2n) is 5.71. The van der Waals surface area contributed by atoms with Crippen LogP contribution < -0.4 is 5.32 Å². The maximum Gasteiger partial charge on any atom is 0.0581 e. The van der Waals surface area contributed by atoms with Crippen LogP contribution in [0.15, 0.2) is 36.4 Å². The topological polar surface area (TPSA) is 12.0 Å². The Morgan fingerprint density at radius 2 is 1.40 bits per heavy atom. The lowest BCUT2D eigenvalue weighted by atomic mass is 9.89. The highest BCUT2D eigenvalue weighted by Gasteiger charge is 2.17. The summed E-state index contributed by atoms with van der Waals surface area (Å²) in [4.78, 5) is 0. The summed E-state index contributed by atoms with van der Waals surface area (Å²) in [6.45, 7) is 11.9. The molecule has 0 radical (unpaired) electrons. The zero-order chi connectivity index (χ0) is 14.7. The van der Waals surface area contributed by atoms with E-state index in [1.165, 1.54) is 33.4 Å². The van der Waals surface area contributed by atoms with Gasteiger partial charge in [0.05, 0.1) is 6.04 Å². The first-order valence-corrected chi connectivity index (χ1v) is 7.40. The van der Waals surface area contributed by atoms with E-state index in [9.17, 15) is 0 Å². The zero-order valence-electron chi connectivity index (χ0n) is 13.2. The summed E-state index contributed by atoms with van der Waals surface area (Å²) in [5.74, 6) is 0. The molecule has 0 spiro atoms. The molecule has 1 atom stereocenters. The molecule has 0 saturated carbocycles. The smallest absolute Gasteiger partial charge is 0.0581 e. The van der Waals surface area contributed by atoms with Gasteiger partial charge >= 0.3 is 0 Å². The Kier molecular flexibility index (Phi) is 4.61. The fourth-order valence-electron chi connectivity index (χ4n) is 3.00. The van der Waals surface area contributed by atoms with Crippen LogP contribution in [0.3, 0.4) is 0 Å². The number of hydrogen-bond donors (Lipinski definition) is 1. The van der Waals surface area contributed by atoms with E-state index in [1.807, 2.05) is 0 Å². The molecule has 1 nitrogen and oxygen atoms in total. The van der Waals surface area contributed by atoms with Crippen molar-refractivity contribution in [3.63, 3.8) is 0 Å². The molecule has 1 unspecified atom stereocenters. The van der Waals surface area contributed by atoms with Gasteiger partial charge in [0.2, 0.25) is 0 Å². The molecule has 0 aromatic heterocycles. The number of rotatable bonds is 4. The van der Waals surface area contributed by atoms with Crippen molar-refractivity contribution >= 4 is 0 Å². The van der Waals surface area contributed by atoms with Crippen molar-refractivity contribution in [1.82, 2.24) is 5.32 Å². The van der Waals surface area contributed by atoms with Crippen molar-refractivity contribution in [2.75, 3.05) is 6.54 Å². The van der Waals surface area contributed by atoms with Crippen LogP contribution in [0.1, 0.15) is 46.3 Å². The Morgan fingerprint density at radius 3 is 1.90 bits per heavy atom. The number of hydrogen-bond acceptors (Lipinski definition) is 1. The van der Waals surface area contributed by atoms with Gasteiger partial charge in [-0.25, -0.2) is 0 Å². The molecule has 0 heterocycles. The number of nitrogens with one attached hydrogen (secondary N) is 1. The minimum atomic E-state index is 0.279. The standard InChI is InChI=1S/C19H25N/c1-6-20-19(17-9-7-13(2)8-10-17)18-15(4)11-14(3)12-16(18)5/h7-12,19-20H,6H2,1-5H3. The number of aryl methyl sites for hydroxylation is 4. The van der Waals surface area contributed by atoms with Gasteiger partial charge in [-0.1, -0.05) is 54.4 Å². The van der Waals surface area contributed by atoms with Gasteiger partial charge in [0.25, 0.3) is 0 Å². The predicted octanol–water partition coefficient (Wildman–Crippen LogP) is 4.62. The van der Waals surface area contributed by atoms with Gasteiger partial charge in [-0.15, -0.1) is 0 Å². The second-order valence-corrected chi connectivity index (χ2v) is 5.71. The van der Waals surface area contributed by atoms with Crippen LogP contribution in [0.25, 0.3) is 0 Å². The summed E-state index contributed by atoms with van der Waals surface area (Å²) in [6.07, 6.45) is 0. The van der Waals surface area contributed by atoms with Crippen molar-refractivity contribution in [1.29, 1.82) is 0 Å². The first kappa shape index (κ1) is 14.8. The molecule has 20 heavy (non-hydrogen) atoms. The lowest BCUT2D eigenvalue weighted by molar-refractivity contribution is 0.624. The lowest BCUT2D eigenvalue weighted by Crippen LogP contribution is -2.23. The Morgan fingerprint density at radius 1 is 0.850 bits per heavy atom. The third-order valence-electron chi connectivity index (χ3n) is 3.85. The van der Waals surface area contributed by atoms with Gasteiger partial charge in [0, 0.05) is 0 Å². The summed E-state index contributed by atoms with van der Waals surface area (Å²) in [7, 11) is 0. The van der Waals surface area contributed by atoms with Crippen molar-refractivity contribution in [3.8, 4) is 0 Å². The predicted molar refractivity (Wildman–Crippen MR) is 87.4 cm³/mol. The van der Waals surface area contributed by atoms with Crippen LogP contribution in [-0.2, 0) is 0 Å². The van der Waals surface area contributed by atoms with Gasteiger partial charge < -0.3 is 5.32 Å². The maximum absolute atomic E-state index is 3.64. The van der Waals surface area contributed by atoms with E-state index in [4.69, 9.17) is 0 Å². The van der Waals surface area contributed by atoms with Crippen LogP contribution >= 0.6 is 0 Å². The van der Waals surface area contributed by atoms with Crippen LogP contribution in [0.2, 0.25) is 0 Å². The van der Waals surface area contributed by atoms with Gasteiger partial charge in [-0.05, 0) is 56.5 Å². The minimum absolute atomic E-state index is 0.279. The molecule has 0 aliphatic rings.